The summed E-state index contributed by atoms with van der Waals surface area (Å²) in [6.07, 6.45) is 1.76. The molecule has 7 heteroatoms. The van der Waals surface area contributed by atoms with Crippen molar-refractivity contribution in [3.05, 3.63) is 36.0 Å². The molecule has 24 heavy (non-hydrogen) atoms. The lowest BCUT2D eigenvalue weighted by Gasteiger charge is -2.15. The Kier molecular flexibility index (Phi) is 5.95. The maximum absolute atomic E-state index is 12.2. The Balaban J connectivity index is 2.09. The molecule has 0 saturated heterocycles. The summed E-state index contributed by atoms with van der Waals surface area (Å²) in [6, 6.07) is 6.10. The maximum atomic E-state index is 12.2. The number of amides is 1. The van der Waals surface area contributed by atoms with E-state index in [4.69, 9.17) is 9.47 Å². The zero-order valence-electron chi connectivity index (χ0n) is 13.6. The van der Waals surface area contributed by atoms with E-state index in [1.165, 1.54) is 0 Å². The largest absolute Gasteiger partial charge is 0.464 e. The number of aromatic nitrogens is 1. The van der Waals surface area contributed by atoms with E-state index in [0.717, 1.165) is 16.5 Å². The van der Waals surface area contributed by atoms with Crippen LogP contribution in [0.5, 0.6) is 0 Å². The highest BCUT2D eigenvalue weighted by atomic mass is 16.6. The third-order valence-electron chi connectivity index (χ3n) is 3.38. The van der Waals surface area contributed by atoms with Gasteiger partial charge in [0.2, 0.25) is 11.9 Å². The van der Waals surface area contributed by atoms with Crippen molar-refractivity contribution in [2.75, 3.05) is 13.2 Å². The number of para-hydroxylation sites is 1. The molecule has 1 amide bonds. The monoisotopic (exact) mass is 332 g/mol. The van der Waals surface area contributed by atoms with Crippen LogP contribution in [0.15, 0.2) is 30.5 Å². The summed E-state index contributed by atoms with van der Waals surface area (Å²) in [5.74, 6) is -2.13. The van der Waals surface area contributed by atoms with E-state index >= 15 is 0 Å². The van der Waals surface area contributed by atoms with E-state index in [9.17, 15) is 14.4 Å². The van der Waals surface area contributed by atoms with Gasteiger partial charge in [-0.15, -0.1) is 0 Å². The van der Waals surface area contributed by atoms with Gasteiger partial charge in [-0.25, -0.2) is 9.59 Å². The fourth-order valence-corrected chi connectivity index (χ4v) is 2.33. The molecular weight excluding hydrogens is 312 g/mol. The Morgan fingerprint density at radius 3 is 2.33 bits per heavy atom. The number of nitrogens with one attached hydrogen (secondary N) is 2. The summed E-state index contributed by atoms with van der Waals surface area (Å²) in [5.41, 5.74) is 1.68. The second-order valence-corrected chi connectivity index (χ2v) is 5.04. The van der Waals surface area contributed by atoms with Crippen molar-refractivity contribution >= 4 is 28.7 Å². The van der Waals surface area contributed by atoms with Crippen LogP contribution in [0.3, 0.4) is 0 Å². The number of carbonyl (C=O) groups excluding carboxylic acids is 3. The van der Waals surface area contributed by atoms with Gasteiger partial charge in [-0.2, -0.15) is 0 Å². The van der Waals surface area contributed by atoms with Crippen molar-refractivity contribution in [2.24, 2.45) is 0 Å². The number of esters is 2. The summed E-state index contributed by atoms with van der Waals surface area (Å²) < 4.78 is 9.63. The first kappa shape index (κ1) is 17.5. The smallest absolute Gasteiger partial charge is 0.340 e. The van der Waals surface area contributed by atoms with Crippen LogP contribution >= 0.6 is 0 Å². The predicted octanol–water partition coefficient (Wildman–Crippen LogP) is 1.32. The first-order valence-electron chi connectivity index (χ1n) is 7.74. The summed E-state index contributed by atoms with van der Waals surface area (Å²) in [4.78, 5) is 39.0. The molecule has 0 unspecified atom stereocenters. The van der Waals surface area contributed by atoms with Crippen LogP contribution in [-0.4, -0.2) is 42.1 Å². The molecular formula is C17H20N2O5. The summed E-state index contributed by atoms with van der Waals surface area (Å²) in [6.45, 7) is 3.45. The van der Waals surface area contributed by atoms with Gasteiger partial charge in [-0.3, -0.25) is 4.79 Å². The van der Waals surface area contributed by atoms with Crippen LogP contribution < -0.4 is 5.32 Å². The van der Waals surface area contributed by atoms with Gasteiger partial charge in [0, 0.05) is 17.1 Å². The van der Waals surface area contributed by atoms with Crippen LogP contribution in [0.2, 0.25) is 0 Å². The molecule has 0 radical (unpaired) electrons. The molecule has 128 valence electrons. The molecule has 0 aliphatic heterocycles. The fourth-order valence-electron chi connectivity index (χ4n) is 2.33. The first-order chi connectivity index (χ1) is 11.6. The third-order valence-corrected chi connectivity index (χ3v) is 3.38. The SMILES string of the molecule is CCOC(=O)C(NC(=O)Cc1c[nH]c2ccccc12)C(=O)OCC. The van der Waals surface area contributed by atoms with Crippen molar-refractivity contribution in [1.29, 1.82) is 0 Å². The lowest BCUT2D eigenvalue weighted by Crippen LogP contribution is -2.48. The van der Waals surface area contributed by atoms with E-state index in [0.29, 0.717) is 0 Å². The minimum atomic E-state index is -1.46. The van der Waals surface area contributed by atoms with Gasteiger partial charge in [0.05, 0.1) is 19.6 Å². The number of aromatic amines is 1. The first-order valence-corrected chi connectivity index (χ1v) is 7.74. The maximum Gasteiger partial charge on any atom is 0.340 e. The molecule has 0 fully saturated rings. The van der Waals surface area contributed by atoms with Crippen molar-refractivity contribution in [3.63, 3.8) is 0 Å². The van der Waals surface area contributed by atoms with Crippen LogP contribution in [0.1, 0.15) is 19.4 Å². The van der Waals surface area contributed by atoms with Gasteiger partial charge in [-0.1, -0.05) is 18.2 Å². The van der Waals surface area contributed by atoms with Crippen molar-refractivity contribution in [3.8, 4) is 0 Å². The molecule has 0 bridgehead atoms. The molecule has 1 aromatic carbocycles. The topological polar surface area (TPSA) is 97.5 Å². The fraction of sp³-hybridized carbons (Fsp3) is 0.353. The summed E-state index contributed by atoms with van der Waals surface area (Å²) >= 11 is 0. The Hall–Kier alpha value is -2.83. The van der Waals surface area contributed by atoms with Crippen molar-refractivity contribution in [1.82, 2.24) is 10.3 Å². The number of benzene rings is 1. The molecule has 0 atom stereocenters. The summed E-state index contributed by atoms with van der Waals surface area (Å²) in [5, 5.41) is 3.30. The number of hydrogen-bond donors (Lipinski definition) is 2. The quantitative estimate of drug-likeness (QED) is 0.589. The third kappa shape index (κ3) is 4.13. The number of carbonyl (C=O) groups is 3. The lowest BCUT2D eigenvalue weighted by molar-refractivity contribution is -0.159. The summed E-state index contributed by atoms with van der Waals surface area (Å²) in [7, 11) is 0. The molecule has 2 aromatic rings. The van der Waals surface area contributed by atoms with Gasteiger partial charge in [-0.05, 0) is 25.5 Å². The molecule has 2 rings (SSSR count). The van der Waals surface area contributed by atoms with Crippen LogP contribution in [0.25, 0.3) is 10.9 Å². The van der Waals surface area contributed by atoms with Gasteiger partial charge < -0.3 is 19.8 Å². The Labute approximate surface area is 139 Å². The van der Waals surface area contributed by atoms with E-state index < -0.39 is 23.9 Å². The highest BCUT2D eigenvalue weighted by molar-refractivity contribution is 6.03. The Morgan fingerprint density at radius 2 is 1.71 bits per heavy atom. The number of hydrogen-bond acceptors (Lipinski definition) is 5. The second-order valence-electron chi connectivity index (χ2n) is 5.04. The molecule has 0 saturated carbocycles. The molecule has 0 aliphatic rings. The number of H-pyrrole nitrogens is 1. The predicted molar refractivity (Wildman–Crippen MR) is 87.2 cm³/mol. The van der Waals surface area contributed by atoms with Gasteiger partial charge in [0.1, 0.15) is 0 Å². The van der Waals surface area contributed by atoms with Crippen LogP contribution in [-0.2, 0) is 30.3 Å². The van der Waals surface area contributed by atoms with Crippen LogP contribution in [0.4, 0.5) is 0 Å². The average molecular weight is 332 g/mol. The molecule has 1 heterocycles. The molecule has 2 N–H and O–H groups in total. The minimum absolute atomic E-state index is 0.0271. The lowest BCUT2D eigenvalue weighted by atomic mass is 10.1. The zero-order valence-corrected chi connectivity index (χ0v) is 13.6. The highest BCUT2D eigenvalue weighted by Crippen LogP contribution is 2.18. The zero-order chi connectivity index (χ0) is 17.5. The van der Waals surface area contributed by atoms with Gasteiger partial charge in [0.15, 0.2) is 0 Å². The van der Waals surface area contributed by atoms with Crippen LogP contribution in [0, 0.1) is 0 Å². The van der Waals surface area contributed by atoms with Crippen molar-refractivity contribution < 1.29 is 23.9 Å². The number of rotatable bonds is 7. The highest BCUT2D eigenvalue weighted by Gasteiger charge is 2.31. The molecule has 0 aliphatic carbocycles. The average Bonchev–Trinajstić information content (AvgIpc) is 2.96. The second kappa shape index (κ2) is 8.14. The van der Waals surface area contributed by atoms with E-state index in [1.54, 1.807) is 20.0 Å². The number of fused-ring (bicyclic) bond motifs is 1. The molecule has 0 spiro atoms. The van der Waals surface area contributed by atoms with Gasteiger partial charge >= 0.3 is 11.9 Å². The van der Waals surface area contributed by atoms with Crippen molar-refractivity contribution in [2.45, 2.75) is 26.3 Å². The van der Waals surface area contributed by atoms with E-state index in [-0.39, 0.29) is 19.6 Å². The number of ether oxygens (including phenoxy) is 2. The minimum Gasteiger partial charge on any atom is -0.464 e. The van der Waals surface area contributed by atoms with Gasteiger partial charge in [0.25, 0.3) is 0 Å². The molecule has 1 aromatic heterocycles. The standard InChI is InChI=1S/C17H20N2O5/c1-3-23-16(21)15(17(22)24-4-2)19-14(20)9-11-10-18-13-8-6-5-7-12(11)13/h5-8,10,15,18H,3-4,9H2,1-2H3,(H,19,20). The van der Waals surface area contributed by atoms with E-state index in [2.05, 4.69) is 10.3 Å². The molecule has 7 nitrogen and oxygen atoms in total. The Morgan fingerprint density at radius 1 is 1.08 bits per heavy atom. The van der Waals surface area contributed by atoms with E-state index in [1.807, 2.05) is 24.3 Å². The normalized spacial score (nSPS) is 10.6. The Bertz CT molecular complexity index is 719.